The third-order valence-electron chi connectivity index (χ3n) is 1.19. The van der Waals surface area contributed by atoms with Gasteiger partial charge in [0.15, 0.2) is 0 Å². The lowest BCUT2D eigenvalue weighted by Crippen LogP contribution is -1.99. The molecule has 0 unspecified atom stereocenters. The summed E-state index contributed by atoms with van der Waals surface area (Å²) >= 11 is 0. The van der Waals surface area contributed by atoms with Crippen LogP contribution in [0.4, 0.5) is 0 Å². The quantitative estimate of drug-likeness (QED) is 0.714. The highest BCUT2D eigenvalue weighted by molar-refractivity contribution is 8.13. The highest BCUT2D eigenvalue weighted by Crippen LogP contribution is 2.02. The van der Waals surface area contributed by atoms with Crippen molar-refractivity contribution in [3.63, 3.8) is 0 Å². The summed E-state index contributed by atoms with van der Waals surface area (Å²) in [6.07, 6.45) is 3.62. The number of rotatable bonds is 3. The number of nitrogens with zero attached hydrogens (tertiary/aromatic N) is 1. The van der Waals surface area contributed by atoms with E-state index in [0.29, 0.717) is 6.42 Å². The molecule has 0 spiro atoms. The van der Waals surface area contributed by atoms with Crippen molar-refractivity contribution in [3.8, 4) is 0 Å². The van der Waals surface area contributed by atoms with Gasteiger partial charge in [-0.3, -0.25) is 5.10 Å². The van der Waals surface area contributed by atoms with Crippen molar-refractivity contribution in [2.24, 2.45) is 0 Å². The number of hydrogen-bond acceptors (Lipinski definition) is 3. The smallest absolute Gasteiger partial charge is 0.232 e. The minimum absolute atomic E-state index is 0.0475. The average molecular weight is 195 g/mol. The molecule has 0 aromatic carbocycles. The van der Waals surface area contributed by atoms with E-state index in [-0.39, 0.29) is 5.75 Å². The van der Waals surface area contributed by atoms with Gasteiger partial charge in [-0.15, -0.1) is 0 Å². The van der Waals surface area contributed by atoms with Gasteiger partial charge in [-0.05, 0) is 12.0 Å². The van der Waals surface area contributed by atoms with Gasteiger partial charge in [0.1, 0.15) is 0 Å². The maximum Gasteiger partial charge on any atom is 0.232 e. The van der Waals surface area contributed by atoms with Crippen molar-refractivity contribution in [2.45, 2.75) is 6.42 Å². The molecular formula is C5H7ClN2O2S. The molecule has 1 heterocycles. The van der Waals surface area contributed by atoms with Crippen LogP contribution in [0.5, 0.6) is 0 Å². The molecule has 1 aromatic rings. The molecule has 0 saturated carbocycles. The molecule has 0 saturated heterocycles. The van der Waals surface area contributed by atoms with Crippen LogP contribution in [-0.4, -0.2) is 24.4 Å². The first-order chi connectivity index (χ1) is 5.08. The number of aryl methyl sites for hydroxylation is 1. The molecule has 0 aliphatic heterocycles. The summed E-state index contributed by atoms with van der Waals surface area (Å²) in [4.78, 5) is 0. The van der Waals surface area contributed by atoms with Crippen LogP contribution in [0.3, 0.4) is 0 Å². The molecule has 0 bridgehead atoms. The number of H-pyrrole nitrogens is 1. The molecule has 0 atom stereocenters. The van der Waals surface area contributed by atoms with E-state index in [0.717, 1.165) is 5.56 Å². The zero-order valence-electron chi connectivity index (χ0n) is 5.62. The second kappa shape index (κ2) is 3.23. The van der Waals surface area contributed by atoms with Crippen LogP contribution in [-0.2, 0) is 15.5 Å². The molecule has 1 rings (SSSR count). The molecule has 4 nitrogen and oxygen atoms in total. The maximum absolute atomic E-state index is 10.5. The van der Waals surface area contributed by atoms with Crippen molar-refractivity contribution < 1.29 is 8.42 Å². The topological polar surface area (TPSA) is 62.8 Å². The van der Waals surface area contributed by atoms with E-state index < -0.39 is 9.05 Å². The van der Waals surface area contributed by atoms with Gasteiger partial charge in [-0.1, -0.05) is 0 Å². The van der Waals surface area contributed by atoms with E-state index in [4.69, 9.17) is 10.7 Å². The van der Waals surface area contributed by atoms with E-state index in [1.165, 1.54) is 0 Å². The number of hydrogen-bond donors (Lipinski definition) is 1. The number of aromatic nitrogens is 2. The van der Waals surface area contributed by atoms with Crippen LogP contribution in [0.25, 0.3) is 0 Å². The predicted molar refractivity (Wildman–Crippen MR) is 41.9 cm³/mol. The van der Waals surface area contributed by atoms with Gasteiger partial charge in [-0.2, -0.15) is 5.10 Å². The molecule has 0 aliphatic rings. The Labute approximate surface area is 69.0 Å². The van der Waals surface area contributed by atoms with Crippen LogP contribution in [0, 0.1) is 0 Å². The molecule has 1 N–H and O–H groups in total. The third kappa shape index (κ3) is 3.38. The van der Waals surface area contributed by atoms with Gasteiger partial charge in [-0.25, -0.2) is 8.42 Å². The van der Waals surface area contributed by atoms with Crippen molar-refractivity contribution >= 4 is 19.7 Å². The van der Waals surface area contributed by atoms with Gasteiger partial charge in [0.2, 0.25) is 9.05 Å². The van der Waals surface area contributed by atoms with Gasteiger partial charge in [0.05, 0.1) is 11.9 Å². The summed E-state index contributed by atoms with van der Waals surface area (Å²) in [6.45, 7) is 0. The van der Waals surface area contributed by atoms with Gasteiger partial charge in [0.25, 0.3) is 0 Å². The van der Waals surface area contributed by atoms with Crippen LogP contribution >= 0.6 is 10.7 Å². The van der Waals surface area contributed by atoms with Gasteiger partial charge < -0.3 is 0 Å². The predicted octanol–water partition coefficient (Wildman–Crippen LogP) is 0.521. The normalized spacial score (nSPS) is 11.7. The Morgan fingerprint density at radius 2 is 2.36 bits per heavy atom. The maximum atomic E-state index is 10.5. The molecule has 0 aliphatic carbocycles. The summed E-state index contributed by atoms with van der Waals surface area (Å²) < 4.78 is 20.9. The lowest BCUT2D eigenvalue weighted by atomic mass is 10.3. The first kappa shape index (κ1) is 8.55. The number of halogens is 1. The van der Waals surface area contributed by atoms with E-state index in [1.54, 1.807) is 12.4 Å². The van der Waals surface area contributed by atoms with E-state index >= 15 is 0 Å². The summed E-state index contributed by atoms with van der Waals surface area (Å²) in [5.41, 5.74) is 0.842. The Morgan fingerprint density at radius 3 is 2.82 bits per heavy atom. The van der Waals surface area contributed by atoms with Gasteiger partial charge in [0, 0.05) is 16.9 Å². The second-order valence-electron chi connectivity index (χ2n) is 2.10. The van der Waals surface area contributed by atoms with Crippen LogP contribution in [0.15, 0.2) is 12.4 Å². The fraction of sp³-hybridized carbons (Fsp3) is 0.400. The monoisotopic (exact) mass is 194 g/mol. The van der Waals surface area contributed by atoms with E-state index in [2.05, 4.69) is 10.2 Å². The van der Waals surface area contributed by atoms with Crippen molar-refractivity contribution in [1.29, 1.82) is 0 Å². The molecule has 6 heteroatoms. The Bertz CT molecular complexity index is 305. The summed E-state index contributed by atoms with van der Waals surface area (Å²) in [5, 5.41) is 6.24. The fourth-order valence-corrected chi connectivity index (χ4v) is 1.37. The van der Waals surface area contributed by atoms with E-state index in [9.17, 15) is 8.42 Å². The highest BCUT2D eigenvalue weighted by Gasteiger charge is 2.05. The van der Waals surface area contributed by atoms with Crippen LogP contribution in [0.2, 0.25) is 0 Å². The standard InChI is InChI=1S/C5H7ClN2O2S/c6-11(9,10)2-1-5-3-7-8-4-5/h3-4H,1-2H2,(H,7,8). The number of nitrogens with one attached hydrogen (secondary N) is 1. The average Bonchev–Trinajstić information content (AvgIpc) is 2.32. The SMILES string of the molecule is O=S(=O)(Cl)CCc1cn[nH]c1. The summed E-state index contributed by atoms with van der Waals surface area (Å²) in [7, 11) is 1.62. The molecule has 11 heavy (non-hydrogen) atoms. The lowest BCUT2D eigenvalue weighted by Gasteiger charge is -1.91. The molecule has 1 aromatic heterocycles. The minimum atomic E-state index is -3.37. The molecule has 62 valence electrons. The first-order valence-electron chi connectivity index (χ1n) is 2.98. The Hall–Kier alpha value is -0.550. The molecule has 0 amide bonds. The molecule has 0 fully saturated rings. The Kier molecular flexibility index (Phi) is 2.51. The lowest BCUT2D eigenvalue weighted by molar-refractivity contribution is 0.609. The van der Waals surface area contributed by atoms with Crippen molar-refractivity contribution in [2.75, 3.05) is 5.75 Å². The summed E-state index contributed by atoms with van der Waals surface area (Å²) in [6, 6.07) is 0. The van der Waals surface area contributed by atoms with Crippen molar-refractivity contribution in [1.82, 2.24) is 10.2 Å². The fourth-order valence-electron chi connectivity index (χ4n) is 0.654. The zero-order chi connectivity index (χ0) is 8.32. The Morgan fingerprint density at radius 1 is 1.64 bits per heavy atom. The van der Waals surface area contributed by atoms with E-state index in [1.807, 2.05) is 0 Å². The first-order valence-corrected chi connectivity index (χ1v) is 5.46. The Balaban J connectivity index is 2.48. The second-order valence-corrected chi connectivity index (χ2v) is 5.00. The number of aromatic amines is 1. The minimum Gasteiger partial charge on any atom is -0.285 e. The largest absolute Gasteiger partial charge is 0.285 e. The summed E-state index contributed by atoms with van der Waals surface area (Å²) in [5.74, 6) is -0.0475. The van der Waals surface area contributed by atoms with Gasteiger partial charge >= 0.3 is 0 Å². The van der Waals surface area contributed by atoms with Crippen LogP contribution in [0.1, 0.15) is 5.56 Å². The molecule has 0 radical (unpaired) electrons. The zero-order valence-corrected chi connectivity index (χ0v) is 7.19. The highest BCUT2D eigenvalue weighted by atomic mass is 35.7. The third-order valence-corrected chi connectivity index (χ3v) is 2.34. The molecular weight excluding hydrogens is 188 g/mol. The van der Waals surface area contributed by atoms with Crippen LogP contribution < -0.4 is 0 Å². The van der Waals surface area contributed by atoms with Crippen molar-refractivity contribution in [3.05, 3.63) is 18.0 Å².